The lowest BCUT2D eigenvalue weighted by molar-refractivity contribution is 0.0833. The molecule has 0 saturated carbocycles. The SMILES string of the molecule is CS(=O)(=O)c1cccc(C(=O)N2C=CCC2)c1. The Kier molecular flexibility index (Phi) is 3.02. The van der Waals surface area contributed by atoms with E-state index in [-0.39, 0.29) is 10.8 Å². The highest BCUT2D eigenvalue weighted by atomic mass is 32.2. The summed E-state index contributed by atoms with van der Waals surface area (Å²) in [5.41, 5.74) is 0.402. The van der Waals surface area contributed by atoms with E-state index in [0.29, 0.717) is 12.1 Å². The van der Waals surface area contributed by atoms with E-state index in [2.05, 4.69) is 0 Å². The molecule has 0 aromatic heterocycles. The van der Waals surface area contributed by atoms with Crippen molar-refractivity contribution in [2.45, 2.75) is 11.3 Å². The second-order valence-corrected chi connectivity index (χ2v) is 5.99. The second kappa shape index (κ2) is 4.33. The van der Waals surface area contributed by atoms with Crippen molar-refractivity contribution >= 4 is 15.7 Å². The Morgan fingerprint density at radius 1 is 1.35 bits per heavy atom. The summed E-state index contributed by atoms with van der Waals surface area (Å²) in [5.74, 6) is -0.163. The molecule has 1 heterocycles. The van der Waals surface area contributed by atoms with Crippen molar-refractivity contribution in [2.24, 2.45) is 0 Å². The molecule has 1 aromatic carbocycles. The van der Waals surface area contributed by atoms with Crippen LogP contribution in [0.4, 0.5) is 0 Å². The van der Waals surface area contributed by atoms with Gasteiger partial charge >= 0.3 is 0 Å². The van der Waals surface area contributed by atoms with Crippen LogP contribution < -0.4 is 0 Å². The minimum absolute atomic E-state index is 0.163. The molecule has 1 aliphatic rings. The van der Waals surface area contributed by atoms with Gasteiger partial charge in [0, 0.05) is 24.6 Å². The molecule has 0 atom stereocenters. The van der Waals surface area contributed by atoms with Crippen molar-refractivity contribution in [3.05, 3.63) is 42.1 Å². The molecule has 90 valence electrons. The highest BCUT2D eigenvalue weighted by Crippen LogP contribution is 2.15. The van der Waals surface area contributed by atoms with Gasteiger partial charge in [0.1, 0.15) is 0 Å². The largest absolute Gasteiger partial charge is 0.315 e. The van der Waals surface area contributed by atoms with E-state index in [4.69, 9.17) is 0 Å². The Morgan fingerprint density at radius 3 is 2.71 bits per heavy atom. The number of benzene rings is 1. The molecular formula is C12H13NO3S. The van der Waals surface area contributed by atoms with E-state index in [9.17, 15) is 13.2 Å². The monoisotopic (exact) mass is 251 g/mol. The van der Waals surface area contributed by atoms with Crippen molar-refractivity contribution in [2.75, 3.05) is 12.8 Å². The van der Waals surface area contributed by atoms with Gasteiger partial charge < -0.3 is 4.90 Å². The van der Waals surface area contributed by atoms with Gasteiger partial charge in [0.25, 0.3) is 5.91 Å². The third-order valence-corrected chi connectivity index (χ3v) is 3.70. The molecule has 0 N–H and O–H groups in total. The second-order valence-electron chi connectivity index (χ2n) is 3.97. The van der Waals surface area contributed by atoms with E-state index < -0.39 is 9.84 Å². The van der Waals surface area contributed by atoms with E-state index in [1.807, 2.05) is 6.08 Å². The van der Waals surface area contributed by atoms with Gasteiger partial charge in [-0.05, 0) is 24.6 Å². The molecule has 1 aromatic rings. The fourth-order valence-corrected chi connectivity index (χ4v) is 2.35. The number of carbonyl (C=O) groups excluding carboxylic acids is 1. The van der Waals surface area contributed by atoms with Crippen LogP contribution in [-0.2, 0) is 9.84 Å². The summed E-state index contributed by atoms with van der Waals surface area (Å²) < 4.78 is 22.8. The first kappa shape index (κ1) is 11.9. The number of rotatable bonds is 2. The molecule has 1 aliphatic heterocycles. The predicted molar refractivity (Wildman–Crippen MR) is 64.3 cm³/mol. The molecule has 0 aliphatic carbocycles. The Morgan fingerprint density at radius 2 is 2.12 bits per heavy atom. The van der Waals surface area contributed by atoms with Crippen LogP contribution in [0.15, 0.2) is 41.4 Å². The molecule has 0 unspecified atom stereocenters. The third-order valence-electron chi connectivity index (χ3n) is 2.59. The normalized spacial score (nSPS) is 15.2. The Labute approximate surface area is 100 Å². The molecule has 2 rings (SSSR count). The molecule has 5 heteroatoms. The van der Waals surface area contributed by atoms with Crippen LogP contribution in [0.1, 0.15) is 16.8 Å². The Hall–Kier alpha value is -1.62. The summed E-state index contributed by atoms with van der Waals surface area (Å²) in [4.78, 5) is 13.8. The van der Waals surface area contributed by atoms with Gasteiger partial charge in [-0.25, -0.2) is 8.42 Å². The topological polar surface area (TPSA) is 54.5 Å². The van der Waals surface area contributed by atoms with E-state index in [1.54, 1.807) is 23.2 Å². The Bertz CT molecular complexity index is 575. The first-order valence-corrected chi connectivity index (χ1v) is 7.15. The molecule has 0 fully saturated rings. The van der Waals surface area contributed by atoms with Crippen LogP contribution in [0.3, 0.4) is 0 Å². The maximum atomic E-state index is 12.0. The fraction of sp³-hybridized carbons (Fsp3) is 0.250. The minimum atomic E-state index is -3.27. The predicted octanol–water partition coefficient (Wildman–Crippen LogP) is 1.45. The first-order valence-electron chi connectivity index (χ1n) is 5.26. The molecule has 0 radical (unpaired) electrons. The fourth-order valence-electron chi connectivity index (χ4n) is 1.68. The van der Waals surface area contributed by atoms with Crippen LogP contribution in [0, 0.1) is 0 Å². The number of hydrogen-bond acceptors (Lipinski definition) is 3. The van der Waals surface area contributed by atoms with Crippen molar-refractivity contribution in [1.82, 2.24) is 4.90 Å². The lowest BCUT2D eigenvalue weighted by atomic mass is 10.2. The van der Waals surface area contributed by atoms with E-state index in [1.165, 1.54) is 12.1 Å². The molecule has 0 spiro atoms. The third kappa shape index (κ3) is 2.55. The summed E-state index contributed by atoms with van der Waals surface area (Å²) in [6.07, 6.45) is 5.62. The van der Waals surface area contributed by atoms with Gasteiger partial charge in [-0.2, -0.15) is 0 Å². The number of carbonyl (C=O) groups is 1. The number of nitrogens with zero attached hydrogens (tertiary/aromatic N) is 1. The molecular weight excluding hydrogens is 238 g/mol. The minimum Gasteiger partial charge on any atom is -0.315 e. The van der Waals surface area contributed by atoms with Gasteiger partial charge in [-0.1, -0.05) is 12.1 Å². The van der Waals surface area contributed by atoms with Crippen molar-refractivity contribution in [3.8, 4) is 0 Å². The number of amides is 1. The van der Waals surface area contributed by atoms with Crippen LogP contribution in [-0.4, -0.2) is 32.0 Å². The van der Waals surface area contributed by atoms with Crippen molar-refractivity contribution in [3.63, 3.8) is 0 Å². The standard InChI is InChI=1S/C12H13NO3S/c1-17(15,16)11-6-4-5-10(9-11)12(14)13-7-2-3-8-13/h2,4-7,9H,3,8H2,1H3. The highest BCUT2D eigenvalue weighted by molar-refractivity contribution is 7.90. The van der Waals surface area contributed by atoms with E-state index >= 15 is 0 Å². The Balaban J connectivity index is 2.33. The van der Waals surface area contributed by atoms with Gasteiger partial charge in [-0.15, -0.1) is 0 Å². The van der Waals surface area contributed by atoms with Crippen molar-refractivity contribution < 1.29 is 13.2 Å². The maximum absolute atomic E-state index is 12.0. The zero-order chi connectivity index (χ0) is 12.5. The summed E-state index contributed by atoms with van der Waals surface area (Å²) in [6, 6.07) is 6.13. The highest BCUT2D eigenvalue weighted by Gasteiger charge is 2.17. The molecule has 17 heavy (non-hydrogen) atoms. The average molecular weight is 251 g/mol. The zero-order valence-electron chi connectivity index (χ0n) is 9.46. The van der Waals surface area contributed by atoms with E-state index in [0.717, 1.165) is 12.7 Å². The van der Waals surface area contributed by atoms with Gasteiger partial charge in [-0.3, -0.25) is 4.79 Å². The van der Waals surface area contributed by atoms with Crippen LogP contribution in [0.25, 0.3) is 0 Å². The molecule has 0 saturated heterocycles. The van der Waals surface area contributed by atoms with Gasteiger partial charge in [0.05, 0.1) is 4.90 Å². The van der Waals surface area contributed by atoms with Gasteiger partial charge in [0.15, 0.2) is 9.84 Å². The maximum Gasteiger partial charge on any atom is 0.257 e. The van der Waals surface area contributed by atoms with Crippen LogP contribution >= 0.6 is 0 Å². The first-order chi connectivity index (χ1) is 7.98. The summed E-state index contributed by atoms with van der Waals surface area (Å²) in [5, 5.41) is 0. The summed E-state index contributed by atoms with van der Waals surface area (Å²) >= 11 is 0. The zero-order valence-corrected chi connectivity index (χ0v) is 10.3. The van der Waals surface area contributed by atoms with Crippen LogP contribution in [0.2, 0.25) is 0 Å². The number of sulfone groups is 1. The van der Waals surface area contributed by atoms with Crippen molar-refractivity contribution in [1.29, 1.82) is 0 Å². The van der Waals surface area contributed by atoms with Crippen LogP contribution in [0.5, 0.6) is 0 Å². The summed E-state index contributed by atoms with van der Waals surface area (Å²) in [7, 11) is -3.27. The smallest absolute Gasteiger partial charge is 0.257 e. The van der Waals surface area contributed by atoms with Gasteiger partial charge in [0.2, 0.25) is 0 Å². The quantitative estimate of drug-likeness (QED) is 0.799. The molecule has 0 bridgehead atoms. The molecule has 4 nitrogen and oxygen atoms in total. The molecule has 1 amide bonds. The average Bonchev–Trinajstić information content (AvgIpc) is 2.80. The lowest BCUT2D eigenvalue weighted by Crippen LogP contribution is -2.23. The number of hydrogen-bond donors (Lipinski definition) is 0. The lowest BCUT2D eigenvalue weighted by Gasteiger charge is -2.13. The summed E-state index contributed by atoms with van der Waals surface area (Å²) in [6.45, 7) is 0.655.